The van der Waals surface area contributed by atoms with E-state index in [9.17, 15) is 9.90 Å². The van der Waals surface area contributed by atoms with Crippen molar-refractivity contribution in [2.45, 2.75) is 6.54 Å². The number of benzene rings is 2. The van der Waals surface area contributed by atoms with E-state index in [0.717, 1.165) is 11.3 Å². The maximum atomic E-state index is 11.3. The number of carboxylic acid groups (broad SMARTS) is 1. The molecule has 0 fully saturated rings. The van der Waals surface area contributed by atoms with Gasteiger partial charge >= 0.3 is 5.97 Å². The van der Waals surface area contributed by atoms with Crippen molar-refractivity contribution in [3.8, 4) is 5.75 Å². The van der Waals surface area contributed by atoms with Crippen LogP contribution in [0.15, 0.2) is 46.9 Å². The first-order valence-corrected chi connectivity index (χ1v) is 6.79. The molecule has 2 N–H and O–H groups in total. The van der Waals surface area contributed by atoms with E-state index in [1.165, 1.54) is 0 Å². The Hall–Kier alpha value is -2.01. The second-order valence-electron chi connectivity index (χ2n) is 4.17. The van der Waals surface area contributed by atoms with Crippen molar-refractivity contribution in [2.75, 3.05) is 12.4 Å². The zero-order valence-corrected chi connectivity index (χ0v) is 12.5. The average Bonchev–Trinajstić information content (AvgIpc) is 2.45. The van der Waals surface area contributed by atoms with Crippen molar-refractivity contribution in [3.05, 3.63) is 58.1 Å². The van der Waals surface area contributed by atoms with E-state index in [0.29, 0.717) is 16.7 Å². The summed E-state index contributed by atoms with van der Waals surface area (Å²) in [5, 5.41) is 12.4. The lowest BCUT2D eigenvalue weighted by Crippen LogP contribution is -2.07. The highest BCUT2D eigenvalue weighted by atomic mass is 79.9. The van der Waals surface area contributed by atoms with E-state index in [2.05, 4.69) is 21.2 Å². The minimum Gasteiger partial charge on any atom is -0.497 e. The van der Waals surface area contributed by atoms with Crippen molar-refractivity contribution >= 4 is 27.6 Å². The highest BCUT2D eigenvalue weighted by Gasteiger charge is 2.13. The number of hydrogen-bond donors (Lipinski definition) is 2. The minimum atomic E-state index is -0.967. The van der Waals surface area contributed by atoms with Crippen LogP contribution in [0.25, 0.3) is 0 Å². The Morgan fingerprint density at radius 1 is 1.30 bits per heavy atom. The van der Waals surface area contributed by atoms with Crippen LogP contribution >= 0.6 is 15.9 Å². The number of methoxy groups -OCH3 is 1. The topological polar surface area (TPSA) is 58.6 Å². The number of anilines is 1. The number of carboxylic acids is 1. The molecule has 0 atom stereocenters. The van der Waals surface area contributed by atoms with E-state index in [1.54, 1.807) is 25.3 Å². The molecule has 2 aromatic rings. The zero-order valence-electron chi connectivity index (χ0n) is 10.9. The predicted octanol–water partition coefficient (Wildman–Crippen LogP) is 3.77. The number of nitrogens with one attached hydrogen (secondary N) is 1. The van der Waals surface area contributed by atoms with Gasteiger partial charge in [0.25, 0.3) is 0 Å². The summed E-state index contributed by atoms with van der Waals surface area (Å²) in [4.78, 5) is 11.3. The zero-order chi connectivity index (χ0) is 14.5. The summed E-state index contributed by atoms with van der Waals surface area (Å²) in [6, 6.07) is 12.9. The first kappa shape index (κ1) is 14.4. The number of halogens is 1. The molecule has 0 aromatic heterocycles. The molecule has 0 saturated carbocycles. The van der Waals surface area contributed by atoms with Crippen molar-refractivity contribution in [1.29, 1.82) is 0 Å². The van der Waals surface area contributed by atoms with Crippen LogP contribution in [-0.2, 0) is 6.54 Å². The molecule has 0 bridgehead atoms. The van der Waals surface area contributed by atoms with Gasteiger partial charge in [-0.2, -0.15) is 0 Å². The summed E-state index contributed by atoms with van der Waals surface area (Å²) >= 11 is 3.26. The van der Waals surface area contributed by atoms with Crippen LogP contribution < -0.4 is 10.1 Å². The molecule has 2 aromatic carbocycles. The molecule has 0 heterocycles. The summed E-state index contributed by atoms with van der Waals surface area (Å²) in [5.74, 6) is -0.192. The van der Waals surface area contributed by atoms with Gasteiger partial charge in [-0.05, 0) is 45.8 Å². The average molecular weight is 336 g/mol. The number of ether oxygens (including phenoxy) is 1. The van der Waals surface area contributed by atoms with Crippen molar-refractivity contribution in [3.63, 3.8) is 0 Å². The Labute approximate surface area is 125 Å². The lowest BCUT2D eigenvalue weighted by molar-refractivity contribution is 0.0697. The summed E-state index contributed by atoms with van der Waals surface area (Å²) in [6.07, 6.45) is 0. The molecule has 0 aliphatic heterocycles. The Morgan fingerprint density at radius 2 is 2.05 bits per heavy atom. The molecular weight excluding hydrogens is 322 g/mol. The molecule has 0 aliphatic rings. The van der Waals surface area contributed by atoms with E-state index in [-0.39, 0.29) is 5.56 Å². The smallest absolute Gasteiger partial charge is 0.338 e. The third-order valence-corrected chi connectivity index (χ3v) is 3.51. The summed E-state index contributed by atoms with van der Waals surface area (Å²) in [7, 11) is 1.61. The molecule has 104 valence electrons. The monoisotopic (exact) mass is 335 g/mol. The standard InChI is InChI=1S/C15H14BrNO3/c1-20-11-5-2-4-10(8-11)9-17-13-7-3-6-12(16)14(13)15(18)19/h2-8,17H,9H2,1H3,(H,18,19). The fourth-order valence-electron chi connectivity index (χ4n) is 1.87. The maximum Gasteiger partial charge on any atom is 0.338 e. The Morgan fingerprint density at radius 3 is 2.75 bits per heavy atom. The molecule has 0 amide bonds. The van der Waals surface area contributed by atoms with Crippen molar-refractivity contribution in [1.82, 2.24) is 0 Å². The fourth-order valence-corrected chi connectivity index (χ4v) is 2.40. The first-order valence-electron chi connectivity index (χ1n) is 6.00. The van der Waals surface area contributed by atoms with Gasteiger partial charge in [-0.3, -0.25) is 0 Å². The van der Waals surface area contributed by atoms with Gasteiger partial charge in [0.2, 0.25) is 0 Å². The van der Waals surface area contributed by atoms with Crippen molar-refractivity contribution in [2.24, 2.45) is 0 Å². The number of carbonyl (C=O) groups is 1. The molecule has 0 saturated heterocycles. The molecule has 2 rings (SSSR count). The number of hydrogen-bond acceptors (Lipinski definition) is 3. The van der Waals surface area contributed by atoms with Crippen LogP contribution in [-0.4, -0.2) is 18.2 Å². The summed E-state index contributed by atoms with van der Waals surface area (Å²) in [5.41, 5.74) is 1.82. The molecule has 0 unspecified atom stereocenters. The SMILES string of the molecule is COc1cccc(CNc2cccc(Br)c2C(=O)O)c1. The molecular formula is C15H14BrNO3. The third kappa shape index (κ3) is 3.30. The van der Waals surface area contributed by atoms with E-state index in [4.69, 9.17) is 4.74 Å². The second-order valence-corrected chi connectivity index (χ2v) is 5.03. The van der Waals surface area contributed by atoms with Crippen LogP contribution in [0.5, 0.6) is 5.75 Å². The number of rotatable bonds is 5. The molecule has 20 heavy (non-hydrogen) atoms. The molecule has 4 nitrogen and oxygen atoms in total. The lowest BCUT2D eigenvalue weighted by Gasteiger charge is -2.11. The number of aromatic carboxylic acids is 1. The van der Waals surface area contributed by atoms with Crippen LogP contribution in [0.4, 0.5) is 5.69 Å². The molecule has 5 heteroatoms. The van der Waals surface area contributed by atoms with Gasteiger partial charge in [0.1, 0.15) is 5.75 Å². The second kappa shape index (κ2) is 6.43. The van der Waals surface area contributed by atoms with Gasteiger partial charge in [-0.1, -0.05) is 18.2 Å². The largest absolute Gasteiger partial charge is 0.497 e. The predicted molar refractivity (Wildman–Crippen MR) is 81.4 cm³/mol. The Balaban J connectivity index is 2.18. The molecule has 0 radical (unpaired) electrons. The van der Waals surface area contributed by atoms with Crippen molar-refractivity contribution < 1.29 is 14.6 Å². The van der Waals surface area contributed by atoms with Crippen LogP contribution in [0.1, 0.15) is 15.9 Å². The van der Waals surface area contributed by atoms with Crippen LogP contribution in [0.2, 0.25) is 0 Å². The third-order valence-electron chi connectivity index (χ3n) is 2.84. The highest BCUT2D eigenvalue weighted by molar-refractivity contribution is 9.10. The highest BCUT2D eigenvalue weighted by Crippen LogP contribution is 2.25. The van der Waals surface area contributed by atoms with Gasteiger partial charge < -0.3 is 15.2 Å². The van der Waals surface area contributed by atoms with Gasteiger partial charge in [0.15, 0.2) is 0 Å². The van der Waals surface area contributed by atoms with E-state index >= 15 is 0 Å². The first-order chi connectivity index (χ1) is 9.61. The Bertz CT molecular complexity index is 628. The minimum absolute atomic E-state index is 0.232. The van der Waals surface area contributed by atoms with Gasteiger partial charge in [0, 0.05) is 11.0 Å². The summed E-state index contributed by atoms with van der Waals surface area (Å²) < 4.78 is 5.71. The maximum absolute atomic E-state index is 11.3. The summed E-state index contributed by atoms with van der Waals surface area (Å²) in [6.45, 7) is 0.522. The molecule has 0 aliphatic carbocycles. The quantitative estimate of drug-likeness (QED) is 0.873. The fraction of sp³-hybridized carbons (Fsp3) is 0.133. The van der Waals surface area contributed by atoms with Crippen LogP contribution in [0.3, 0.4) is 0 Å². The van der Waals surface area contributed by atoms with Crippen LogP contribution in [0, 0.1) is 0 Å². The molecule has 0 spiro atoms. The van der Waals surface area contributed by atoms with Gasteiger partial charge in [0.05, 0.1) is 18.4 Å². The Kier molecular flexibility index (Phi) is 4.63. The van der Waals surface area contributed by atoms with Gasteiger partial charge in [-0.15, -0.1) is 0 Å². The van der Waals surface area contributed by atoms with E-state index in [1.807, 2.05) is 24.3 Å². The lowest BCUT2D eigenvalue weighted by atomic mass is 10.1. The van der Waals surface area contributed by atoms with E-state index < -0.39 is 5.97 Å². The normalized spacial score (nSPS) is 10.1. The van der Waals surface area contributed by atoms with Gasteiger partial charge in [-0.25, -0.2) is 4.79 Å².